The Morgan fingerprint density at radius 3 is 2.59 bits per heavy atom. The van der Waals surface area contributed by atoms with E-state index in [4.69, 9.17) is 14.2 Å². The number of hydrogen-bond donors (Lipinski definition) is 0. The van der Waals surface area contributed by atoms with Gasteiger partial charge in [-0.15, -0.1) is 0 Å². The largest absolute Gasteiger partial charge is 0.496 e. The maximum absolute atomic E-state index is 12.2. The molecule has 146 valence electrons. The molecule has 1 saturated heterocycles. The smallest absolute Gasteiger partial charge is 0.410 e. The molecule has 1 amide bonds. The van der Waals surface area contributed by atoms with Gasteiger partial charge in [0.1, 0.15) is 17.1 Å². The monoisotopic (exact) mass is 373 g/mol. The van der Waals surface area contributed by atoms with Gasteiger partial charge in [0.2, 0.25) is 5.78 Å². The first-order chi connectivity index (χ1) is 12.8. The summed E-state index contributed by atoms with van der Waals surface area (Å²) in [5.41, 5.74) is 0.931. The summed E-state index contributed by atoms with van der Waals surface area (Å²) in [6.07, 6.45) is 5.58. The number of ketones is 1. The summed E-state index contributed by atoms with van der Waals surface area (Å²) in [4.78, 5) is 25.8. The van der Waals surface area contributed by atoms with Crippen molar-refractivity contribution in [1.82, 2.24) is 4.90 Å². The molecule has 6 nitrogen and oxygen atoms in total. The molecule has 0 bridgehead atoms. The molecule has 0 atom stereocenters. The highest BCUT2D eigenvalue weighted by Crippen LogP contribution is 2.37. The van der Waals surface area contributed by atoms with Gasteiger partial charge in [0.15, 0.2) is 6.61 Å². The van der Waals surface area contributed by atoms with Gasteiger partial charge in [-0.1, -0.05) is 12.2 Å². The number of hydrogen-bond acceptors (Lipinski definition) is 5. The second-order valence-corrected chi connectivity index (χ2v) is 7.93. The van der Waals surface area contributed by atoms with E-state index in [0.717, 1.165) is 18.4 Å². The topological polar surface area (TPSA) is 65.1 Å². The Balaban J connectivity index is 1.65. The van der Waals surface area contributed by atoms with E-state index in [0.29, 0.717) is 36.1 Å². The Hall–Kier alpha value is -2.50. The zero-order valence-corrected chi connectivity index (χ0v) is 16.4. The number of rotatable bonds is 3. The lowest BCUT2D eigenvalue weighted by molar-refractivity contribution is 0.0197. The fourth-order valence-corrected chi connectivity index (χ4v) is 3.34. The van der Waals surface area contributed by atoms with Crippen LogP contribution in [0.1, 0.15) is 49.5 Å². The Kier molecular flexibility index (Phi) is 5.44. The summed E-state index contributed by atoms with van der Waals surface area (Å²) in [6, 6.07) is 3.55. The van der Waals surface area contributed by atoms with Gasteiger partial charge in [0.05, 0.1) is 18.2 Å². The van der Waals surface area contributed by atoms with E-state index in [-0.39, 0.29) is 18.5 Å². The highest BCUT2D eigenvalue weighted by molar-refractivity contribution is 6.03. The highest BCUT2D eigenvalue weighted by atomic mass is 16.6. The average molecular weight is 373 g/mol. The molecule has 0 unspecified atom stereocenters. The summed E-state index contributed by atoms with van der Waals surface area (Å²) < 4.78 is 16.4. The molecule has 1 aromatic rings. The maximum atomic E-state index is 12.2. The molecular weight excluding hydrogens is 346 g/mol. The fraction of sp³-hybridized carbons (Fsp3) is 0.524. The molecule has 0 N–H and O–H groups in total. The number of Topliss-reactive ketones (excluding diaryl/α,β-unsaturated/α-hetero) is 1. The molecular formula is C21H27NO5. The number of ether oxygens (including phenoxy) is 3. The van der Waals surface area contributed by atoms with E-state index in [2.05, 4.69) is 6.08 Å². The van der Waals surface area contributed by atoms with Crippen molar-refractivity contribution in [2.75, 3.05) is 26.8 Å². The first-order valence-corrected chi connectivity index (χ1v) is 9.31. The lowest BCUT2D eigenvalue weighted by Gasteiger charge is -2.32. The summed E-state index contributed by atoms with van der Waals surface area (Å²) in [7, 11) is 1.61. The summed E-state index contributed by atoms with van der Waals surface area (Å²) >= 11 is 0. The first-order valence-electron chi connectivity index (χ1n) is 9.31. The zero-order valence-electron chi connectivity index (χ0n) is 16.4. The molecule has 6 heteroatoms. The van der Waals surface area contributed by atoms with Crippen LogP contribution in [0.2, 0.25) is 0 Å². The minimum atomic E-state index is -0.477. The van der Waals surface area contributed by atoms with Gasteiger partial charge < -0.3 is 19.1 Å². The summed E-state index contributed by atoms with van der Waals surface area (Å²) in [5.74, 6) is 1.63. The van der Waals surface area contributed by atoms with Gasteiger partial charge >= 0.3 is 6.09 Å². The molecule has 0 saturated carbocycles. The molecule has 0 radical (unpaired) electrons. The van der Waals surface area contributed by atoms with Crippen LogP contribution in [0, 0.1) is 5.92 Å². The van der Waals surface area contributed by atoms with Crippen molar-refractivity contribution >= 4 is 18.0 Å². The Labute approximate surface area is 160 Å². The minimum Gasteiger partial charge on any atom is -0.496 e. The lowest BCUT2D eigenvalue weighted by atomic mass is 9.95. The van der Waals surface area contributed by atoms with Crippen molar-refractivity contribution in [3.63, 3.8) is 0 Å². The van der Waals surface area contributed by atoms with Crippen LogP contribution >= 0.6 is 0 Å². The molecule has 0 aliphatic carbocycles. The predicted molar refractivity (Wildman–Crippen MR) is 102 cm³/mol. The zero-order chi connectivity index (χ0) is 19.6. The van der Waals surface area contributed by atoms with Gasteiger partial charge in [-0.05, 0) is 51.7 Å². The molecule has 2 aliphatic rings. The third-order valence-corrected chi connectivity index (χ3v) is 4.75. The Morgan fingerprint density at radius 2 is 1.96 bits per heavy atom. The Morgan fingerprint density at radius 1 is 1.26 bits per heavy atom. The van der Waals surface area contributed by atoms with Crippen LogP contribution in [0.5, 0.6) is 11.5 Å². The van der Waals surface area contributed by atoms with Gasteiger partial charge in [-0.3, -0.25) is 4.79 Å². The van der Waals surface area contributed by atoms with Crippen molar-refractivity contribution in [2.24, 2.45) is 5.92 Å². The molecule has 1 fully saturated rings. The van der Waals surface area contributed by atoms with Gasteiger partial charge in [-0.2, -0.15) is 0 Å². The minimum absolute atomic E-state index is 0.00651. The van der Waals surface area contributed by atoms with Crippen LogP contribution in [0.4, 0.5) is 4.79 Å². The lowest BCUT2D eigenvalue weighted by Crippen LogP contribution is -2.41. The summed E-state index contributed by atoms with van der Waals surface area (Å²) in [5, 5.41) is 0. The summed E-state index contributed by atoms with van der Waals surface area (Å²) in [6.45, 7) is 7.04. The number of allylic oxidation sites excluding steroid dienone is 1. The first kappa shape index (κ1) is 19.3. The number of nitrogens with zero attached hydrogens (tertiary/aromatic N) is 1. The molecule has 2 heterocycles. The number of methoxy groups -OCH3 is 1. The standard InChI is InChI=1S/C21H27NO5/c1-21(2,3)27-20(24)22-11-9-14(10-12-22)5-6-16-18(25-4)8-7-15-17(23)13-26-19(15)16/h5-8,14H,9-13H2,1-4H3/b6-5+. The van der Waals surface area contributed by atoms with E-state index in [1.807, 2.05) is 26.8 Å². The molecule has 2 aliphatic heterocycles. The van der Waals surface area contributed by atoms with Crippen LogP contribution in [-0.4, -0.2) is 49.2 Å². The van der Waals surface area contributed by atoms with E-state index >= 15 is 0 Å². The SMILES string of the molecule is COc1ccc2c(c1/C=C/C1CCN(C(=O)OC(C)(C)C)CC1)OCC2=O. The number of likely N-dealkylation sites (tertiary alicyclic amines) is 1. The average Bonchev–Trinajstić information content (AvgIpc) is 3.00. The second kappa shape index (κ2) is 7.62. The van der Waals surface area contributed by atoms with E-state index < -0.39 is 5.60 Å². The van der Waals surface area contributed by atoms with Crippen LogP contribution in [0.3, 0.4) is 0 Å². The van der Waals surface area contributed by atoms with E-state index in [9.17, 15) is 9.59 Å². The maximum Gasteiger partial charge on any atom is 0.410 e. The predicted octanol–water partition coefficient (Wildman–Crippen LogP) is 3.93. The van der Waals surface area contributed by atoms with Crippen LogP contribution < -0.4 is 9.47 Å². The number of fused-ring (bicyclic) bond motifs is 1. The number of piperidine rings is 1. The number of benzene rings is 1. The number of carbonyl (C=O) groups is 2. The molecule has 3 rings (SSSR count). The number of amides is 1. The van der Waals surface area contributed by atoms with Crippen molar-refractivity contribution in [3.05, 3.63) is 29.3 Å². The highest BCUT2D eigenvalue weighted by Gasteiger charge is 2.27. The van der Waals surface area contributed by atoms with E-state index in [1.165, 1.54) is 0 Å². The molecule has 0 aromatic heterocycles. The van der Waals surface area contributed by atoms with Crippen molar-refractivity contribution in [1.29, 1.82) is 0 Å². The quantitative estimate of drug-likeness (QED) is 0.803. The van der Waals surface area contributed by atoms with Crippen LogP contribution in [0.15, 0.2) is 18.2 Å². The van der Waals surface area contributed by atoms with Crippen LogP contribution in [-0.2, 0) is 4.74 Å². The Bertz CT molecular complexity index is 755. The molecule has 27 heavy (non-hydrogen) atoms. The molecule has 0 spiro atoms. The van der Waals surface area contributed by atoms with Gasteiger partial charge in [-0.25, -0.2) is 4.79 Å². The van der Waals surface area contributed by atoms with Gasteiger partial charge in [0.25, 0.3) is 0 Å². The second-order valence-electron chi connectivity index (χ2n) is 7.93. The van der Waals surface area contributed by atoms with E-state index in [1.54, 1.807) is 24.1 Å². The third-order valence-electron chi connectivity index (χ3n) is 4.75. The van der Waals surface area contributed by atoms with Crippen molar-refractivity contribution in [3.8, 4) is 11.5 Å². The van der Waals surface area contributed by atoms with Crippen LogP contribution in [0.25, 0.3) is 6.08 Å². The van der Waals surface area contributed by atoms with Crippen molar-refractivity contribution < 1.29 is 23.8 Å². The fourth-order valence-electron chi connectivity index (χ4n) is 3.34. The normalized spacial score (nSPS) is 17.8. The third kappa shape index (κ3) is 4.43. The molecule has 1 aromatic carbocycles. The van der Waals surface area contributed by atoms with Gasteiger partial charge in [0, 0.05) is 13.1 Å². The number of carbonyl (C=O) groups excluding carboxylic acids is 2. The van der Waals surface area contributed by atoms with Crippen molar-refractivity contribution in [2.45, 2.75) is 39.2 Å².